The lowest BCUT2D eigenvalue weighted by Gasteiger charge is -2.15. The maximum atomic E-state index is 5.70. The van der Waals surface area contributed by atoms with Crippen LogP contribution in [0.4, 0.5) is 0 Å². The molecule has 2 heterocycles. The third-order valence-corrected chi connectivity index (χ3v) is 4.86. The Labute approximate surface area is 116 Å². The van der Waals surface area contributed by atoms with Gasteiger partial charge >= 0.3 is 0 Å². The topological polar surface area (TPSA) is 52.8 Å². The van der Waals surface area contributed by atoms with Gasteiger partial charge in [0.2, 0.25) is 0 Å². The minimum Gasteiger partial charge on any atom is -0.361 e. The molecule has 0 aliphatic rings. The quantitative estimate of drug-likeness (QED) is 0.625. The highest BCUT2D eigenvalue weighted by Crippen LogP contribution is 2.16. The fourth-order valence-corrected chi connectivity index (χ4v) is 2.67. The highest BCUT2D eigenvalue weighted by atomic mass is 79.9. The molecule has 5 nitrogen and oxygen atoms in total. The number of ether oxygens (including phenoxy) is 1. The zero-order valence-corrected chi connectivity index (χ0v) is 13.4. The van der Waals surface area contributed by atoms with E-state index in [4.69, 9.17) is 4.74 Å². The average molecular weight is 329 g/mol. The van der Waals surface area contributed by atoms with Crippen LogP contribution in [0.3, 0.4) is 0 Å². The Hall–Kier alpha value is -0.793. The molecule has 0 atom stereocenters. The number of fused-ring (bicyclic) bond motifs is 1. The molecule has 98 valence electrons. The van der Waals surface area contributed by atoms with Gasteiger partial charge in [0.1, 0.15) is 6.73 Å². The number of imidazole rings is 1. The smallest absolute Gasteiger partial charge is 0.198 e. The predicted octanol–water partition coefficient (Wildman–Crippen LogP) is 2.90. The van der Waals surface area contributed by atoms with E-state index in [2.05, 4.69) is 50.5 Å². The highest BCUT2D eigenvalue weighted by Gasteiger charge is 2.13. The number of aromatic nitrogens is 4. The van der Waals surface area contributed by atoms with E-state index in [0.717, 1.165) is 18.3 Å². The van der Waals surface area contributed by atoms with Gasteiger partial charge in [-0.05, 0) is 22.0 Å². The number of rotatable bonds is 5. The van der Waals surface area contributed by atoms with E-state index in [9.17, 15) is 0 Å². The van der Waals surface area contributed by atoms with Crippen LogP contribution in [0.1, 0.15) is 0 Å². The molecule has 0 amide bonds. The van der Waals surface area contributed by atoms with Crippen molar-refractivity contribution in [1.82, 2.24) is 19.5 Å². The number of nitrogens with zero attached hydrogens (tertiary/aromatic N) is 4. The normalized spacial score (nSPS) is 12.2. The van der Waals surface area contributed by atoms with Crippen LogP contribution < -0.4 is 0 Å². The van der Waals surface area contributed by atoms with E-state index in [1.807, 2.05) is 4.57 Å². The molecular weight excluding hydrogens is 312 g/mol. The van der Waals surface area contributed by atoms with Crippen LogP contribution in [-0.4, -0.2) is 34.2 Å². The summed E-state index contributed by atoms with van der Waals surface area (Å²) in [4.78, 5) is 12.7. The predicted molar refractivity (Wildman–Crippen MR) is 77.1 cm³/mol. The summed E-state index contributed by atoms with van der Waals surface area (Å²) in [6, 6.07) is 1.16. The van der Waals surface area contributed by atoms with Gasteiger partial charge in [-0.15, -0.1) is 0 Å². The van der Waals surface area contributed by atoms with Crippen molar-refractivity contribution < 1.29 is 4.74 Å². The van der Waals surface area contributed by atoms with Crippen molar-refractivity contribution in [3.63, 3.8) is 0 Å². The third-order valence-electron chi connectivity index (χ3n) is 2.55. The summed E-state index contributed by atoms with van der Waals surface area (Å²) >= 11 is 3.40. The first-order valence-corrected chi connectivity index (χ1v) is 10.4. The lowest BCUT2D eigenvalue weighted by molar-refractivity contribution is 0.0880. The number of hydrogen-bond acceptors (Lipinski definition) is 4. The van der Waals surface area contributed by atoms with E-state index < -0.39 is 8.07 Å². The zero-order valence-electron chi connectivity index (χ0n) is 10.9. The second kappa shape index (κ2) is 5.46. The molecule has 0 N–H and O–H groups in total. The fraction of sp³-hybridized carbons (Fsp3) is 0.545. The molecule has 7 heteroatoms. The zero-order chi connectivity index (χ0) is 13.2. The van der Waals surface area contributed by atoms with Crippen LogP contribution in [0.15, 0.2) is 17.1 Å². The molecule has 0 aromatic carbocycles. The summed E-state index contributed by atoms with van der Waals surface area (Å²) in [6.07, 6.45) is 3.30. The maximum Gasteiger partial charge on any atom is 0.198 e. The SMILES string of the molecule is C[Si](C)(C)CCOCn1c(Br)nc2nccnc21. The second-order valence-corrected chi connectivity index (χ2v) is 11.7. The number of halogens is 1. The minimum absolute atomic E-state index is 0.459. The van der Waals surface area contributed by atoms with Crippen LogP contribution in [0.2, 0.25) is 25.7 Å². The first-order valence-electron chi connectivity index (χ1n) is 5.88. The average Bonchev–Trinajstić information content (AvgIpc) is 2.59. The van der Waals surface area contributed by atoms with Gasteiger partial charge in [-0.3, -0.25) is 4.57 Å². The first kappa shape index (κ1) is 13.6. The fourth-order valence-electron chi connectivity index (χ4n) is 1.48. The molecular formula is C11H17BrN4OSi. The van der Waals surface area contributed by atoms with Gasteiger partial charge in [0.05, 0.1) is 0 Å². The van der Waals surface area contributed by atoms with Gasteiger partial charge in [0.15, 0.2) is 16.0 Å². The summed E-state index contributed by atoms with van der Waals surface area (Å²) in [5.74, 6) is 0. The van der Waals surface area contributed by atoms with Crippen molar-refractivity contribution in [1.29, 1.82) is 0 Å². The standard InChI is InChI=1S/C11H17BrN4OSi/c1-18(2,3)7-6-17-8-16-10-9(15-11(16)12)13-4-5-14-10/h4-5H,6-8H2,1-3H3. The molecule has 0 aliphatic carbocycles. The molecule has 18 heavy (non-hydrogen) atoms. The summed E-state index contributed by atoms with van der Waals surface area (Å²) in [6.45, 7) is 8.25. The molecule has 2 aromatic heterocycles. The molecule has 0 saturated carbocycles. The van der Waals surface area contributed by atoms with Gasteiger partial charge in [-0.2, -0.15) is 0 Å². The molecule has 0 saturated heterocycles. The van der Waals surface area contributed by atoms with Crippen LogP contribution in [0.25, 0.3) is 11.3 Å². The summed E-state index contributed by atoms with van der Waals surface area (Å²) < 4.78 is 8.29. The Morgan fingerprint density at radius 3 is 2.72 bits per heavy atom. The summed E-state index contributed by atoms with van der Waals surface area (Å²) in [5, 5.41) is 0. The van der Waals surface area contributed by atoms with Crippen LogP contribution in [0, 0.1) is 0 Å². The van der Waals surface area contributed by atoms with Crippen molar-refractivity contribution in [3.05, 3.63) is 17.1 Å². The van der Waals surface area contributed by atoms with Crippen molar-refractivity contribution in [2.24, 2.45) is 0 Å². The van der Waals surface area contributed by atoms with Crippen molar-refractivity contribution >= 4 is 35.3 Å². The highest BCUT2D eigenvalue weighted by molar-refractivity contribution is 9.10. The molecule has 0 spiro atoms. The molecule has 2 aromatic rings. The van der Waals surface area contributed by atoms with Crippen LogP contribution >= 0.6 is 15.9 Å². The lowest BCUT2D eigenvalue weighted by Crippen LogP contribution is -2.22. The monoisotopic (exact) mass is 328 g/mol. The van der Waals surface area contributed by atoms with E-state index in [-0.39, 0.29) is 0 Å². The minimum atomic E-state index is -1.04. The van der Waals surface area contributed by atoms with Crippen LogP contribution in [-0.2, 0) is 11.5 Å². The largest absolute Gasteiger partial charge is 0.361 e. The van der Waals surface area contributed by atoms with Gasteiger partial charge in [0.25, 0.3) is 0 Å². The van der Waals surface area contributed by atoms with Crippen molar-refractivity contribution in [2.75, 3.05) is 6.61 Å². The first-order chi connectivity index (χ1) is 8.47. The molecule has 0 fully saturated rings. The van der Waals surface area contributed by atoms with Gasteiger partial charge in [-0.1, -0.05) is 19.6 Å². The van der Waals surface area contributed by atoms with Gasteiger partial charge in [-0.25, -0.2) is 15.0 Å². The van der Waals surface area contributed by atoms with E-state index >= 15 is 0 Å². The third kappa shape index (κ3) is 3.36. The molecule has 0 bridgehead atoms. The summed E-state index contributed by atoms with van der Waals surface area (Å²) in [5.41, 5.74) is 1.38. The van der Waals surface area contributed by atoms with Gasteiger partial charge in [0, 0.05) is 27.1 Å². The Balaban J connectivity index is 2.01. The Kier molecular flexibility index (Phi) is 4.13. The number of hydrogen-bond donors (Lipinski definition) is 0. The van der Waals surface area contributed by atoms with Crippen LogP contribution in [0.5, 0.6) is 0 Å². The Morgan fingerprint density at radius 2 is 2.00 bits per heavy atom. The van der Waals surface area contributed by atoms with E-state index in [1.165, 1.54) is 0 Å². The molecule has 0 radical (unpaired) electrons. The molecule has 2 rings (SSSR count). The molecule has 0 aliphatic heterocycles. The second-order valence-electron chi connectivity index (χ2n) is 5.36. The summed E-state index contributed by atoms with van der Waals surface area (Å²) in [7, 11) is -1.04. The lowest BCUT2D eigenvalue weighted by atomic mass is 10.6. The van der Waals surface area contributed by atoms with Crippen molar-refractivity contribution in [2.45, 2.75) is 32.4 Å². The van der Waals surface area contributed by atoms with E-state index in [1.54, 1.807) is 12.4 Å². The maximum absolute atomic E-state index is 5.70. The van der Waals surface area contributed by atoms with Gasteiger partial charge < -0.3 is 4.74 Å². The van der Waals surface area contributed by atoms with E-state index in [0.29, 0.717) is 17.1 Å². The Bertz CT molecular complexity index is 537. The van der Waals surface area contributed by atoms with Crippen molar-refractivity contribution in [3.8, 4) is 0 Å². The Morgan fingerprint density at radius 1 is 1.28 bits per heavy atom. The molecule has 0 unspecified atom stereocenters.